The summed E-state index contributed by atoms with van der Waals surface area (Å²) in [6.45, 7) is 0. The number of aromatic nitrogens is 2. The van der Waals surface area contributed by atoms with Crippen molar-refractivity contribution in [3.8, 4) is 17.3 Å². The molecule has 0 fully saturated rings. The molecule has 1 N–H and O–H groups in total. The van der Waals surface area contributed by atoms with E-state index in [1.54, 1.807) is 24.3 Å². The molecule has 0 aliphatic rings. The molecule has 0 bridgehead atoms. The van der Waals surface area contributed by atoms with Crippen molar-refractivity contribution >= 4 is 11.6 Å². The minimum absolute atomic E-state index is 0.353. The lowest BCUT2D eigenvalue weighted by Crippen LogP contribution is -2.15. The van der Waals surface area contributed by atoms with Gasteiger partial charge < -0.3 is 5.32 Å². The number of hydrogen-bond donors (Lipinski definition) is 1. The maximum atomic E-state index is 12.6. The summed E-state index contributed by atoms with van der Waals surface area (Å²) in [5, 5.41) is 11.9. The van der Waals surface area contributed by atoms with Crippen LogP contribution in [0.3, 0.4) is 0 Å². The molecule has 2 aromatic carbocycles. The lowest BCUT2D eigenvalue weighted by Gasteiger charge is -2.10. The molecule has 0 aliphatic carbocycles. The fourth-order valence-corrected chi connectivity index (χ4v) is 2.20. The van der Waals surface area contributed by atoms with Gasteiger partial charge in [-0.15, -0.1) is 0 Å². The van der Waals surface area contributed by atoms with Crippen molar-refractivity contribution in [1.82, 2.24) is 9.97 Å². The van der Waals surface area contributed by atoms with Gasteiger partial charge in [-0.3, -0.25) is 4.79 Å². The average molecular weight is 300 g/mol. The van der Waals surface area contributed by atoms with Crippen LogP contribution in [-0.2, 0) is 0 Å². The number of para-hydroxylation sites is 1. The first-order chi connectivity index (χ1) is 11.3. The van der Waals surface area contributed by atoms with Gasteiger partial charge in [-0.05, 0) is 12.1 Å². The Labute approximate surface area is 133 Å². The van der Waals surface area contributed by atoms with Crippen molar-refractivity contribution in [2.75, 3.05) is 5.32 Å². The summed E-state index contributed by atoms with van der Waals surface area (Å²) in [5.74, 6) is -0.354. The molecule has 0 saturated carbocycles. The van der Waals surface area contributed by atoms with Crippen LogP contribution in [0.15, 0.2) is 67.1 Å². The normalized spacial score (nSPS) is 9.87. The Morgan fingerprint density at radius 1 is 1.04 bits per heavy atom. The number of nitriles is 1. The smallest absolute Gasteiger partial charge is 0.259 e. The minimum atomic E-state index is -0.354. The summed E-state index contributed by atoms with van der Waals surface area (Å²) in [4.78, 5) is 20.7. The Kier molecular flexibility index (Phi) is 4.07. The largest absolute Gasteiger partial charge is 0.321 e. The first-order valence-electron chi connectivity index (χ1n) is 6.95. The van der Waals surface area contributed by atoms with E-state index in [0.29, 0.717) is 22.5 Å². The third kappa shape index (κ3) is 3.06. The van der Waals surface area contributed by atoms with Crippen molar-refractivity contribution < 1.29 is 4.79 Å². The number of rotatable bonds is 3. The van der Waals surface area contributed by atoms with Crippen LogP contribution in [-0.4, -0.2) is 15.9 Å². The number of nitrogens with zero attached hydrogens (tertiary/aromatic N) is 3. The Bertz CT molecular complexity index is 885. The molecule has 23 heavy (non-hydrogen) atoms. The molecule has 0 aliphatic heterocycles. The number of carbonyl (C=O) groups excluding carboxylic acids is 1. The zero-order valence-electron chi connectivity index (χ0n) is 12.1. The van der Waals surface area contributed by atoms with Crippen molar-refractivity contribution in [3.63, 3.8) is 0 Å². The minimum Gasteiger partial charge on any atom is -0.321 e. The summed E-state index contributed by atoms with van der Waals surface area (Å²) >= 11 is 0. The van der Waals surface area contributed by atoms with E-state index in [9.17, 15) is 4.79 Å². The highest BCUT2D eigenvalue weighted by Gasteiger charge is 2.15. The Morgan fingerprint density at radius 2 is 1.78 bits per heavy atom. The highest BCUT2D eigenvalue weighted by Crippen LogP contribution is 2.22. The SMILES string of the molecule is N#Cc1ccccc1NC(=O)c1cncnc1-c1ccccc1. The lowest BCUT2D eigenvalue weighted by atomic mass is 10.1. The highest BCUT2D eigenvalue weighted by atomic mass is 16.1. The third-order valence-corrected chi connectivity index (χ3v) is 3.30. The molecule has 3 aromatic rings. The lowest BCUT2D eigenvalue weighted by molar-refractivity contribution is 0.102. The predicted octanol–water partition coefficient (Wildman–Crippen LogP) is 3.27. The van der Waals surface area contributed by atoms with Crippen molar-refractivity contribution in [2.45, 2.75) is 0 Å². The van der Waals surface area contributed by atoms with Gasteiger partial charge in [-0.2, -0.15) is 5.26 Å². The van der Waals surface area contributed by atoms with Gasteiger partial charge in [0.25, 0.3) is 5.91 Å². The number of anilines is 1. The second-order valence-corrected chi connectivity index (χ2v) is 4.76. The fourth-order valence-electron chi connectivity index (χ4n) is 2.20. The number of carbonyl (C=O) groups is 1. The van der Waals surface area contributed by atoms with E-state index in [-0.39, 0.29) is 5.91 Å². The van der Waals surface area contributed by atoms with E-state index in [4.69, 9.17) is 5.26 Å². The van der Waals surface area contributed by atoms with E-state index in [0.717, 1.165) is 5.56 Å². The maximum Gasteiger partial charge on any atom is 0.259 e. The van der Waals surface area contributed by atoms with Gasteiger partial charge in [0.05, 0.1) is 22.5 Å². The molecular weight excluding hydrogens is 288 g/mol. The monoisotopic (exact) mass is 300 g/mol. The maximum absolute atomic E-state index is 12.6. The molecule has 1 amide bonds. The summed E-state index contributed by atoms with van der Waals surface area (Å²) in [6.07, 6.45) is 2.88. The van der Waals surface area contributed by atoms with Gasteiger partial charge in [0.15, 0.2) is 0 Å². The van der Waals surface area contributed by atoms with E-state index in [1.807, 2.05) is 30.3 Å². The topological polar surface area (TPSA) is 78.7 Å². The van der Waals surface area contributed by atoms with E-state index in [2.05, 4.69) is 21.4 Å². The molecule has 0 unspecified atom stereocenters. The van der Waals surface area contributed by atoms with Gasteiger partial charge >= 0.3 is 0 Å². The van der Waals surface area contributed by atoms with Gasteiger partial charge in [-0.25, -0.2) is 9.97 Å². The van der Waals surface area contributed by atoms with Crippen LogP contribution >= 0.6 is 0 Å². The molecule has 0 spiro atoms. The molecule has 5 heteroatoms. The van der Waals surface area contributed by atoms with Crippen LogP contribution < -0.4 is 5.32 Å². The van der Waals surface area contributed by atoms with Crippen molar-refractivity contribution in [1.29, 1.82) is 5.26 Å². The summed E-state index contributed by atoms with van der Waals surface area (Å²) in [7, 11) is 0. The Balaban J connectivity index is 1.97. The number of benzene rings is 2. The van der Waals surface area contributed by atoms with Crippen molar-refractivity contribution in [2.24, 2.45) is 0 Å². The molecule has 5 nitrogen and oxygen atoms in total. The first kappa shape index (κ1) is 14.4. The standard InChI is InChI=1S/C18H12N4O/c19-10-14-8-4-5-9-16(14)22-18(23)15-11-20-12-21-17(15)13-6-2-1-3-7-13/h1-9,11-12H,(H,22,23). The van der Waals surface area contributed by atoms with Crippen LogP contribution in [0, 0.1) is 11.3 Å². The molecule has 0 saturated heterocycles. The fraction of sp³-hybridized carbons (Fsp3) is 0. The highest BCUT2D eigenvalue weighted by molar-refractivity contribution is 6.08. The molecular formula is C18H12N4O. The molecule has 3 rings (SSSR count). The Morgan fingerprint density at radius 3 is 2.57 bits per heavy atom. The molecule has 0 atom stereocenters. The molecule has 110 valence electrons. The summed E-state index contributed by atoms with van der Waals surface area (Å²) < 4.78 is 0. The van der Waals surface area contributed by atoms with Gasteiger partial charge in [0.1, 0.15) is 12.4 Å². The van der Waals surface area contributed by atoms with Crippen LogP contribution in [0.25, 0.3) is 11.3 Å². The van der Waals surface area contributed by atoms with Crippen LogP contribution in [0.2, 0.25) is 0 Å². The van der Waals surface area contributed by atoms with Crippen LogP contribution in [0.1, 0.15) is 15.9 Å². The summed E-state index contributed by atoms with van der Waals surface area (Å²) in [6, 6.07) is 18.3. The third-order valence-electron chi connectivity index (χ3n) is 3.30. The molecule has 0 radical (unpaired) electrons. The zero-order chi connectivity index (χ0) is 16.1. The molecule has 1 heterocycles. The second kappa shape index (κ2) is 6.50. The van der Waals surface area contributed by atoms with Gasteiger partial charge in [-0.1, -0.05) is 42.5 Å². The number of amides is 1. The van der Waals surface area contributed by atoms with Gasteiger partial charge in [0.2, 0.25) is 0 Å². The van der Waals surface area contributed by atoms with Crippen LogP contribution in [0.4, 0.5) is 5.69 Å². The van der Waals surface area contributed by atoms with E-state index >= 15 is 0 Å². The quantitative estimate of drug-likeness (QED) is 0.805. The van der Waals surface area contributed by atoms with Crippen molar-refractivity contribution in [3.05, 3.63) is 78.2 Å². The van der Waals surface area contributed by atoms with Crippen LogP contribution in [0.5, 0.6) is 0 Å². The first-order valence-corrected chi connectivity index (χ1v) is 6.95. The Hall–Kier alpha value is -3.52. The predicted molar refractivity (Wildman–Crippen MR) is 86.6 cm³/mol. The number of nitrogens with one attached hydrogen (secondary N) is 1. The molecule has 1 aromatic heterocycles. The van der Waals surface area contributed by atoms with E-state index in [1.165, 1.54) is 12.5 Å². The second-order valence-electron chi connectivity index (χ2n) is 4.76. The zero-order valence-corrected chi connectivity index (χ0v) is 12.1. The average Bonchev–Trinajstić information content (AvgIpc) is 2.63. The number of hydrogen-bond acceptors (Lipinski definition) is 4. The van der Waals surface area contributed by atoms with E-state index < -0.39 is 0 Å². The van der Waals surface area contributed by atoms with Gasteiger partial charge in [0, 0.05) is 11.8 Å². The summed E-state index contributed by atoms with van der Waals surface area (Å²) in [5.41, 5.74) is 2.59.